The number of carbonyl (C=O) groups excluding carboxylic acids is 1. The topological polar surface area (TPSA) is 68.0 Å². The monoisotopic (exact) mass is 446 g/mol. The van der Waals surface area contributed by atoms with Crippen LogP contribution in [-0.2, 0) is 13.1 Å². The van der Waals surface area contributed by atoms with Gasteiger partial charge in [-0.15, -0.1) is 0 Å². The van der Waals surface area contributed by atoms with Gasteiger partial charge < -0.3 is 24.0 Å². The van der Waals surface area contributed by atoms with Crippen LogP contribution in [0.25, 0.3) is 17.0 Å². The fourth-order valence-electron chi connectivity index (χ4n) is 5.15. The summed E-state index contributed by atoms with van der Waals surface area (Å²) in [5.74, 6) is 1.24. The van der Waals surface area contributed by atoms with Crippen molar-refractivity contribution in [3.63, 3.8) is 0 Å². The molecule has 2 aliphatic heterocycles. The van der Waals surface area contributed by atoms with E-state index in [2.05, 4.69) is 18.4 Å². The molecule has 2 atom stereocenters. The Morgan fingerprint density at radius 1 is 1.27 bits per heavy atom. The summed E-state index contributed by atoms with van der Waals surface area (Å²) in [6.45, 7) is 6.76. The number of benzene rings is 2. The fourth-order valence-corrected chi connectivity index (χ4v) is 5.15. The Labute approximate surface area is 194 Å². The predicted octanol–water partition coefficient (Wildman–Crippen LogP) is 3.32. The Kier molecular flexibility index (Phi) is 5.62. The second kappa shape index (κ2) is 8.60. The maximum atomic E-state index is 13.2. The Hall–Kier alpha value is -3.25. The predicted molar refractivity (Wildman–Crippen MR) is 126 cm³/mol. The van der Waals surface area contributed by atoms with E-state index in [1.54, 1.807) is 19.3 Å². The quantitative estimate of drug-likeness (QED) is 0.611. The van der Waals surface area contributed by atoms with E-state index in [-0.39, 0.29) is 17.3 Å². The van der Waals surface area contributed by atoms with E-state index < -0.39 is 0 Å². The number of aromatic nitrogens is 1. The molecular formula is C27H30N2O4. The van der Waals surface area contributed by atoms with Gasteiger partial charge in [0.15, 0.2) is 5.76 Å². The highest BCUT2D eigenvalue weighted by atomic mass is 16.5. The summed E-state index contributed by atoms with van der Waals surface area (Å²) < 4.78 is 13.7. The Bertz CT molecular complexity index is 1260. The number of nitrogens with one attached hydrogen (secondary N) is 1. The van der Waals surface area contributed by atoms with E-state index in [1.807, 2.05) is 24.4 Å². The Balaban J connectivity index is 1.53. The van der Waals surface area contributed by atoms with Gasteiger partial charge in [-0.3, -0.25) is 4.79 Å². The van der Waals surface area contributed by atoms with Crippen molar-refractivity contribution in [3.05, 3.63) is 59.0 Å². The van der Waals surface area contributed by atoms with Gasteiger partial charge in [-0.05, 0) is 63.5 Å². The third-order valence-corrected chi connectivity index (χ3v) is 7.13. The van der Waals surface area contributed by atoms with Gasteiger partial charge in [0.1, 0.15) is 18.0 Å². The van der Waals surface area contributed by atoms with Gasteiger partial charge in [0, 0.05) is 34.8 Å². The molecule has 2 unspecified atom stereocenters. The number of nitrogens with zero attached hydrogens (tertiary/aromatic N) is 1. The van der Waals surface area contributed by atoms with Crippen LogP contribution in [-0.4, -0.2) is 30.0 Å². The van der Waals surface area contributed by atoms with E-state index >= 15 is 0 Å². The summed E-state index contributed by atoms with van der Waals surface area (Å²) in [6.07, 6.45) is 7.38. The van der Waals surface area contributed by atoms with Crippen molar-refractivity contribution in [1.29, 1.82) is 0 Å². The average Bonchev–Trinajstić information content (AvgIpc) is 3.34. The molecule has 172 valence electrons. The number of methoxy groups -OCH3 is 1. The zero-order valence-electron chi connectivity index (χ0n) is 19.4. The molecule has 0 bridgehead atoms. The molecule has 1 fully saturated rings. The van der Waals surface area contributed by atoms with E-state index in [4.69, 9.17) is 9.47 Å². The summed E-state index contributed by atoms with van der Waals surface area (Å²) in [5.41, 5.74) is 3.06. The van der Waals surface area contributed by atoms with Crippen LogP contribution in [0.15, 0.2) is 42.3 Å². The Morgan fingerprint density at radius 3 is 2.88 bits per heavy atom. The number of fused-ring (bicyclic) bond motifs is 2. The van der Waals surface area contributed by atoms with Gasteiger partial charge in [0.2, 0.25) is 5.78 Å². The second-order valence-electron chi connectivity index (χ2n) is 9.09. The van der Waals surface area contributed by atoms with Crippen LogP contribution in [0.5, 0.6) is 17.2 Å². The third kappa shape index (κ3) is 3.78. The lowest BCUT2D eigenvalue weighted by Gasteiger charge is -2.31. The molecule has 2 aromatic carbocycles. The molecule has 3 heterocycles. The SMILES string of the molecule is CCn1cc(/C=C2/Oc3c(ccc([O-])c3C[NH+]3CCCCC3C)C2=O)c2cc(OC)ccc21. The number of likely N-dealkylation sites (tertiary alicyclic amines) is 1. The molecule has 0 saturated carbocycles. The third-order valence-electron chi connectivity index (χ3n) is 7.13. The lowest BCUT2D eigenvalue weighted by atomic mass is 10.0. The van der Waals surface area contributed by atoms with Crippen LogP contribution in [0.2, 0.25) is 0 Å². The molecule has 1 aromatic heterocycles. The minimum atomic E-state index is -0.173. The van der Waals surface area contributed by atoms with Crippen LogP contribution < -0.4 is 19.5 Å². The highest BCUT2D eigenvalue weighted by molar-refractivity contribution is 6.15. The number of quaternary nitrogens is 1. The molecule has 5 rings (SSSR count). The van der Waals surface area contributed by atoms with Gasteiger partial charge in [0.05, 0.1) is 25.3 Å². The standard InChI is InChI=1S/C27H30N2O4/c1-4-28-15-18(21-14-19(32-3)8-10-23(21)28)13-25-26(31)20-9-11-24(30)22(27(20)33-25)16-29-12-6-5-7-17(29)2/h8-11,13-15,17,30H,4-7,12,16H2,1-3H3/b25-13+. The van der Waals surface area contributed by atoms with Crippen molar-refractivity contribution < 1.29 is 24.3 Å². The summed E-state index contributed by atoms with van der Waals surface area (Å²) >= 11 is 0. The van der Waals surface area contributed by atoms with E-state index in [9.17, 15) is 9.90 Å². The number of aryl methyl sites for hydroxylation is 1. The highest BCUT2D eigenvalue weighted by Crippen LogP contribution is 2.39. The molecule has 0 amide bonds. The van der Waals surface area contributed by atoms with Crippen molar-refractivity contribution in [2.75, 3.05) is 13.7 Å². The first-order valence-corrected chi connectivity index (χ1v) is 11.8. The number of piperidine rings is 1. The first-order valence-electron chi connectivity index (χ1n) is 11.8. The molecule has 3 aromatic rings. The van der Waals surface area contributed by atoms with Crippen LogP contribution in [0.4, 0.5) is 0 Å². The number of ether oxygens (including phenoxy) is 2. The van der Waals surface area contributed by atoms with Gasteiger partial charge in [-0.2, -0.15) is 0 Å². The molecule has 2 aliphatic rings. The lowest BCUT2D eigenvalue weighted by Crippen LogP contribution is -3.14. The van der Waals surface area contributed by atoms with Crippen molar-refractivity contribution in [3.8, 4) is 17.2 Å². The summed E-state index contributed by atoms with van der Waals surface area (Å²) in [4.78, 5) is 14.6. The van der Waals surface area contributed by atoms with Gasteiger partial charge >= 0.3 is 0 Å². The minimum absolute atomic E-state index is 0.0552. The molecule has 0 radical (unpaired) electrons. The summed E-state index contributed by atoms with van der Waals surface area (Å²) in [7, 11) is 1.64. The van der Waals surface area contributed by atoms with E-state index in [0.29, 0.717) is 29.5 Å². The maximum absolute atomic E-state index is 13.2. The van der Waals surface area contributed by atoms with Crippen LogP contribution in [0.1, 0.15) is 54.6 Å². The number of allylic oxidation sites excluding steroid dienone is 1. The molecule has 0 aliphatic carbocycles. The maximum Gasteiger partial charge on any atom is 0.231 e. The summed E-state index contributed by atoms with van der Waals surface area (Å²) in [5, 5.41) is 13.8. The largest absolute Gasteiger partial charge is 0.872 e. The van der Waals surface area contributed by atoms with Gasteiger partial charge in [0.25, 0.3) is 0 Å². The van der Waals surface area contributed by atoms with Crippen LogP contribution >= 0.6 is 0 Å². The minimum Gasteiger partial charge on any atom is -0.872 e. The molecule has 6 heteroatoms. The smallest absolute Gasteiger partial charge is 0.231 e. The van der Waals surface area contributed by atoms with Crippen LogP contribution in [0, 0.1) is 0 Å². The zero-order chi connectivity index (χ0) is 23.1. The van der Waals surface area contributed by atoms with E-state index in [0.717, 1.165) is 41.7 Å². The molecule has 33 heavy (non-hydrogen) atoms. The van der Waals surface area contributed by atoms with Crippen molar-refractivity contribution in [2.45, 2.75) is 52.2 Å². The first kappa shape index (κ1) is 21.6. The van der Waals surface area contributed by atoms with Crippen molar-refractivity contribution in [1.82, 2.24) is 4.57 Å². The summed E-state index contributed by atoms with van der Waals surface area (Å²) in [6, 6.07) is 9.55. The van der Waals surface area contributed by atoms with Crippen molar-refractivity contribution >= 4 is 22.8 Å². The second-order valence-corrected chi connectivity index (χ2v) is 9.09. The molecule has 1 saturated heterocycles. The number of rotatable bonds is 5. The number of hydrogen-bond donors (Lipinski definition) is 1. The fraction of sp³-hybridized carbons (Fsp3) is 0.370. The molecule has 0 spiro atoms. The van der Waals surface area contributed by atoms with Crippen molar-refractivity contribution in [2.24, 2.45) is 0 Å². The first-order chi connectivity index (χ1) is 16.0. The molecular weight excluding hydrogens is 416 g/mol. The van der Waals surface area contributed by atoms with Gasteiger partial charge in [-0.1, -0.05) is 11.8 Å². The molecule has 6 nitrogen and oxygen atoms in total. The normalized spacial score (nSPS) is 21.4. The Morgan fingerprint density at radius 2 is 2.12 bits per heavy atom. The average molecular weight is 447 g/mol. The molecule has 1 N–H and O–H groups in total. The highest BCUT2D eigenvalue weighted by Gasteiger charge is 2.32. The van der Waals surface area contributed by atoms with Gasteiger partial charge in [-0.25, -0.2) is 0 Å². The number of ketones is 1. The zero-order valence-corrected chi connectivity index (χ0v) is 19.4. The lowest BCUT2D eigenvalue weighted by molar-refractivity contribution is -0.942. The number of Topliss-reactive ketones (excluding diaryl/α,β-unsaturated/α-hetero) is 1. The van der Waals surface area contributed by atoms with Crippen LogP contribution in [0.3, 0.4) is 0 Å². The number of carbonyl (C=O) groups is 1. The van der Waals surface area contributed by atoms with E-state index in [1.165, 1.54) is 23.8 Å². The number of hydrogen-bond acceptors (Lipinski definition) is 4.